The summed E-state index contributed by atoms with van der Waals surface area (Å²) in [5, 5.41) is 14.1. The number of halogens is 2. The van der Waals surface area contributed by atoms with Crippen LogP contribution >= 0.6 is 0 Å². The number of carbonyl (C=O) groups is 1. The average Bonchev–Trinajstić information content (AvgIpc) is 3.54. The van der Waals surface area contributed by atoms with E-state index in [1.165, 1.54) is 18.2 Å². The van der Waals surface area contributed by atoms with E-state index in [1.54, 1.807) is 25.1 Å². The van der Waals surface area contributed by atoms with Crippen LogP contribution in [0.15, 0.2) is 59.5 Å². The number of nitrogens with zero attached hydrogens (tertiary/aromatic N) is 1. The van der Waals surface area contributed by atoms with Crippen molar-refractivity contribution in [1.29, 1.82) is 0 Å². The maximum absolute atomic E-state index is 13.6. The monoisotopic (exact) mass is 640 g/mol. The van der Waals surface area contributed by atoms with Crippen LogP contribution in [0.25, 0.3) is 16.6 Å². The van der Waals surface area contributed by atoms with Crippen LogP contribution in [0.4, 0.5) is 14.5 Å². The van der Waals surface area contributed by atoms with Crippen molar-refractivity contribution in [2.45, 2.75) is 82.0 Å². The minimum atomic E-state index is -4.60. The van der Waals surface area contributed by atoms with Gasteiger partial charge in [-0.2, -0.15) is 8.42 Å². The van der Waals surface area contributed by atoms with Gasteiger partial charge < -0.3 is 24.5 Å². The third-order valence-corrected chi connectivity index (χ3v) is 9.35. The fraction of sp³-hybridized carbons (Fsp3) is 0.364. The van der Waals surface area contributed by atoms with Gasteiger partial charge in [-0.1, -0.05) is 32.9 Å². The summed E-state index contributed by atoms with van der Waals surface area (Å²) in [4.78, 5) is 13.3. The number of fused-ring (bicyclic) bond motifs is 2. The molecule has 238 valence electrons. The molecule has 1 atom stereocenters. The van der Waals surface area contributed by atoms with Crippen LogP contribution in [0, 0.1) is 6.92 Å². The molecule has 0 bridgehead atoms. The maximum Gasteiger partial charge on any atom is 0.586 e. The summed E-state index contributed by atoms with van der Waals surface area (Å²) < 4.78 is 73.1. The fourth-order valence-electron chi connectivity index (χ4n) is 6.14. The Bertz CT molecular complexity index is 1970. The summed E-state index contributed by atoms with van der Waals surface area (Å²) in [6.45, 7) is 9.46. The molecule has 45 heavy (non-hydrogen) atoms. The van der Waals surface area contributed by atoms with Gasteiger partial charge in [0.1, 0.15) is 0 Å². The van der Waals surface area contributed by atoms with Crippen molar-refractivity contribution in [3.05, 3.63) is 77.0 Å². The van der Waals surface area contributed by atoms with Crippen molar-refractivity contribution < 1.29 is 41.1 Å². The molecule has 1 saturated carbocycles. The Hall–Kier alpha value is -4.00. The number of aliphatic hydroxyl groups is 1. The highest BCUT2D eigenvalue weighted by Gasteiger charge is 2.53. The molecule has 12 heteroatoms. The second-order valence-corrected chi connectivity index (χ2v) is 14.4. The summed E-state index contributed by atoms with van der Waals surface area (Å²) >= 11 is 0. The molecule has 0 saturated heterocycles. The molecular weight excluding hydrogens is 606 g/mol. The van der Waals surface area contributed by atoms with Crippen LogP contribution in [-0.4, -0.2) is 40.9 Å². The summed E-state index contributed by atoms with van der Waals surface area (Å²) in [5.74, 6) is -0.477. The van der Waals surface area contributed by atoms with E-state index in [1.807, 2.05) is 50.5 Å². The van der Waals surface area contributed by atoms with Gasteiger partial charge in [0, 0.05) is 34.2 Å². The second-order valence-electron chi connectivity index (χ2n) is 13.0. The lowest BCUT2D eigenvalue weighted by Gasteiger charge is -2.26. The molecular formula is C33H34F2N2O7S. The van der Waals surface area contributed by atoms with Crippen LogP contribution in [0.5, 0.6) is 11.5 Å². The first-order valence-corrected chi connectivity index (χ1v) is 16.0. The van der Waals surface area contributed by atoms with E-state index in [0.717, 1.165) is 22.2 Å². The Kier molecular flexibility index (Phi) is 7.07. The van der Waals surface area contributed by atoms with Gasteiger partial charge in [-0.15, -0.1) is 8.78 Å². The number of alkyl halides is 2. The quantitative estimate of drug-likeness (QED) is 0.200. The van der Waals surface area contributed by atoms with Crippen LogP contribution in [0.1, 0.15) is 62.9 Å². The van der Waals surface area contributed by atoms with Gasteiger partial charge in [-0.05, 0) is 80.3 Å². The Morgan fingerprint density at radius 2 is 1.73 bits per heavy atom. The van der Waals surface area contributed by atoms with E-state index in [4.69, 9.17) is 0 Å². The number of rotatable bonds is 7. The van der Waals surface area contributed by atoms with Crippen molar-refractivity contribution in [3.8, 4) is 17.2 Å². The number of aryl methyl sites for hydroxylation is 1. The number of nitrogens with one attached hydrogen (secondary N) is 1. The van der Waals surface area contributed by atoms with Crippen LogP contribution < -0.4 is 14.8 Å². The number of hydrogen-bond acceptors (Lipinski definition) is 6. The van der Waals surface area contributed by atoms with Crippen LogP contribution in [0.2, 0.25) is 0 Å². The zero-order valence-electron chi connectivity index (χ0n) is 25.4. The van der Waals surface area contributed by atoms with Gasteiger partial charge in [-0.25, -0.2) is 0 Å². The Balaban J connectivity index is 1.41. The molecule has 1 amide bonds. The predicted octanol–water partition coefficient (Wildman–Crippen LogP) is 6.40. The lowest BCUT2D eigenvalue weighted by atomic mass is 9.91. The predicted molar refractivity (Wildman–Crippen MR) is 164 cm³/mol. The molecule has 1 unspecified atom stereocenters. The van der Waals surface area contributed by atoms with Crippen molar-refractivity contribution in [1.82, 2.24) is 4.57 Å². The molecule has 6 rings (SSSR count). The normalized spacial score (nSPS) is 17.4. The number of aromatic nitrogens is 1. The largest absolute Gasteiger partial charge is 0.586 e. The van der Waals surface area contributed by atoms with Crippen molar-refractivity contribution in [3.63, 3.8) is 0 Å². The zero-order valence-corrected chi connectivity index (χ0v) is 26.3. The number of aliphatic hydroxyl groups excluding tert-OH is 1. The van der Waals surface area contributed by atoms with Crippen LogP contribution in [-0.2, 0) is 32.2 Å². The minimum Gasteiger partial charge on any atom is -0.395 e. The standard InChI is InChI=1S/C33H34F2N2O7S/c1-18-6-11-27(45(40,41)42)23(14-19(2)38)29(18)37-24-9-8-22(15-20(24)16-28(37)31(3,4)5)36-30(39)32(12-13-32)21-7-10-25-26(17-21)44-33(34,35)43-25/h6-11,15-17,19,38H,12-14H2,1-5H3,(H,36,39)(H,40,41,42). The average molecular weight is 641 g/mol. The van der Waals surface area contributed by atoms with Gasteiger partial charge in [-0.3, -0.25) is 9.35 Å². The highest BCUT2D eigenvalue weighted by Crippen LogP contribution is 2.52. The lowest BCUT2D eigenvalue weighted by molar-refractivity contribution is -0.286. The molecule has 1 aromatic heterocycles. The van der Waals surface area contributed by atoms with Gasteiger partial charge in [0.2, 0.25) is 5.91 Å². The Labute approximate surface area is 259 Å². The van der Waals surface area contributed by atoms with Gasteiger partial charge in [0.25, 0.3) is 10.1 Å². The number of ether oxygens (including phenoxy) is 2. The van der Waals surface area contributed by atoms with Gasteiger partial charge in [0.15, 0.2) is 11.5 Å². The lowest BCUT2D eigenvalue weighted by Crippen LogP contribution is -2.27. The van der Waals surface area contributed by atoms with E-state index < -0.39 is 33.3 Å². The van der Waals surface area contributed by atoms with E-state index in [-0.39, 0.29) is 28.7 Å². The number of anilines is 1. The molecule has 3 N–H and O–H groups in total. The summed E-state index contributed by atoms with van der Waals surface area (Å²) in [7, 11) is -4.60. The zero-order chi connectivity index (χ0) is 32.7. The van der Waals surface area contributed by atoms with E-state index in [0.29, 0.717) is 35.3 Å². The first kappa shape index (κ1) is 31.0. The first-order valence-electron chi connectivity index (χ1n) is 14.6. The first-order chi connectivity index (χ1) is 20.9. The molecule has 2 aliphatic rings. The third-order valence-electron chi connectivity index (χ3n) is 8.41. The molecule has 3 aromatic carbocycles. The van der Waals surface area contributed by atoms with E-state index in [9.17, 15) is 31.7 Å². The molecule has 4 aromatic rings. The number of carbonyl (C=O) groups excluding carboxylic acids is 1. The fourth-order valence-corrected chi connectivity index (χ4v) is 6.87. The number of hydrogen-bond donors (Lipinski definition) is 3. The maximum atomic E-state index is 13.6. The third kappa shape index (κ3) is 5.55. The SMILES string of the molecule is Cc1ccc(S(=O)(=O)O)c(CC(C)O)c1-n1c(C(C)(C)C)cc2cc(NC(=O)C3(c4ccc5c(c4)OC(F)(F)O5)CC3)ccc21. The van der Waals surface area contributed by atoms with Gasteiger partial charge >= 0.3 is 6.29 Å². The van der Waals surface area contributed by atoms with E-state index >= 15 is 0 Å². The number of amides is 1. The van der Waals surface area contributed by atoms with E-state index in [2.05, 4.69) is 14.8 Å². The van der Waals surface area contributed by atoms with Crippen molar-refractivity contribution in [2.24, 2.45) is 0 Å². The molecule has 9 nitrogen and oxygen atoms in total. The van der Waals surface area contributed by atoms with Crippen LogP contribution in [0.3, 0.4) is 0 Å². The molecule has 0 spiro atoms. The second kappa shape index (κ2) is 10.3. The topological polar surface area (TPSA) is 127 Å². The molecule has 1 fully saturated rings. The molecule has 1 aliphatic heterocycles. The molecule has 1 aliphatic carbocycles. The Morgan fingerprint density at radius 1 is 1.04 bits per heavy atom. The van der Waals surface area contributed by atoms with Gasteiger partial charge in [0.05, 0.1) is 27.6 Å². The molecule has 2 heterocycles. The van der Waals surface area contributed by atoms with Crippen molar-refractivity contribution >= 4 is 32.6 Å². The summed E-state index contributed by atoms with van der Waals surface area (Å²) in [6.07, 6.45) is -3.57. The highest BCUT2D eigenvalue weighted by molar-refractivity contribution is 7.85. The Morgan fingerprint density at radius 3 is 2.36 bits per heavy atom. The number of benzene rings is 3. The summed E-state index contributed by atoms with van der Waals surface area (Å²) in [5.41, 5.74) is 2.94. The minimum absolute atomic E-state index is 0.0108. The smallest absolute Gasteiger partial charge is 0.395 e. The summed E-state index contributed by atoms with van der Waals surface area (Å²) in [6, 6.07) is 14.8. The highest BCUT2D eigenvalue weighted by atomic mass is 32.2. The van der Waals surface area contributed by atoms with Crippen molar-refractivity contribution in [2.75, 3.05) is 5.32 Å². The molecule has 0 radical (unpaired) electrons.